The van der Waals surface area contributed by atoms with Gasteiger partial charge >= 0.3 is 0 Å². The van der Waals surface area contributed by atoms with Crippen LogP contribution in [-0.2, 0) is 0 Å². The van der Waals surface area contributed by atoms with Crippen molar-refractivity contribution in [2.75, 3.05) is 37.6 Å². The summed E-state index contributed by atoms with van der Waals surface area (Å²) >= 11 is 1.66. The molecule has 0 spiro atoms. The van der Waals surface area contributed by atoms with Crippen molar-refractivity contribution in [3.8, 4) is 11.4 Å². The highest BCUT2D eigenvalue weighted by molar-refractivity contribution is 7.08. The molecule has 3 aromatic rings. The van der Waals surface area contributed by atoms with E-state index in [0.717, 1.165) is 55.6 Å². The van der Waals surface area contributed by atoms with Crippen molar-refractivity contribution in [1.29, 1.82) is 0 Å². The minimum absolute atomic E-state index is 0.789. The minimum Gasteiger partial charge on any atom is -0.353 e. The molecule has 1 aliphatic rings. The zero-order chi connectivity index (χ0) is 14.9. The van der Waals surface area contributed by atoms with E-state index >= 15 is 0 Å². The van der Waals surface area contributed by atoms with E-state index in [1.54, 1.807) is 11.3 Å². The zero-order valence-corrected chi connectivity index (χ0v) is 13.3. The third-order valence-corrected chi connectivity index (χ3v) is 4.85. The molecule has 0 bridgehead atoms. The van der Waals surface area contributed by atoms with Gasteiger partial charge in [-0.05, 0) is 30.1 Å². The molecular weight excluding hydrogens is 296 g/mol. The molecule has 0 atom stereocenters. The van der Waals surface area contributed by atoms with Gasteiger partial charge in [0.1, 0.15) is 5.82 Å². The summed E-state index contributed by atoms with van der Waals surface area (Å²) < 4.78 is 1.85. The first-order chi connectivity index (χ1) is 10.8. The summed E-state index contributed by atoms with van der Waals surface area (Å²) in [6.45, 7) is 7.55. The van der Waals surface area contributed by atoms with Crippen molar-refractivity contribution in [1.82, 2.24) is 24.7 Å². The van der Waals surface area contributed by atoms with Crippen LogP contribution in [0.25, 0.3) is 17.0 Å². The summed E-state index contributed by atoms with van der Waals surface area (Å²) in [7, 11) is 0. The van der Waals surface area contributed by atoms with Crippen LogP contribution in [0.2, 0.25) is 0 Å². The Morgan fingerprint density at radius 3 is 2.68 bits per heavy atom. The fraction of sp³-hybridized carbons (Fsp3) is 0.400. The highest BCUT2D eigenvalue weighted by Gasteiger charge is 2.18. The van der Waals surface area contributed by atoms with Crippen LogP contribution in [0, 0.1) is 0 Å². The third-order valence-electron chi connectivity index (χ3n) is 4.17. The Morgan fingerprint density at radius 2 is 1.95 bits per heavy atom. The van der Waals surface area contributed by atoms with Crippen LogP contribution in [0.4, 0.5) is 5.82 Å². The van der Waals surface area contributed by atoms with Gasteiger partial charge in [0.25, 0.3) is 0 Å². The van der Waals surface area contributed by atoms with Crippen LogP contribution in [0.5, 0.6) is 0 Å². The summed E-state index contributed by atoms with van der Waals surface area (Å²) in [5.41, 5.74) is 1.86. The van der Waals surface area contributed by atoms with E-state index in [1.807, 2.05) is 22.0 Å². The lowest BCUT2D eigenvalue weighted by Crippen LogP contribution is -2.46. The average Bonchev–Trinajstić information content (AvgIpc) is 3.23. The molecule has 0 unspecified atom stereocenters. The first-order valence-corrected chi connectivity index (χ1v) is 8.52. The van der Waals surface area contributed by atoms with E-state index < -0.39 is 0 Å². The number of piperazine rings is 1. The van der Waals surface area contributed by atoms with E-state index in [1.165, 1.54) is 0 Å². The molecule has 22 heavy (non-hydrogen) atoms. The Labute approximate surface area is 133 Å². The van der Waals surface area contributed by atoms with Gasteiger partial charge in [0, 0.05) is 37.1 Å². The molecule has 4 rings (SSSR count). The van der Waals surface area contributed by atoms with Gasteiger partial charge in [-0.25, -0.2) is 0 Å². The SMILES string of the molecule is CCN1CCN(c2ccc3nnc(-c4ccsc4)n3n2)CC1. The first-order valence-electron chi connectivity index (χ1n) is 7.57. The summed E-state index contributed by atoms with van der Waals surface area (Å²) in [6.07, 6.45) is 0. The number of fused-ring (bicyclic) bond motifs is 1. The van der Waals surface area contributed by atoms with E-state index in [2.05, 4.69) is 38.4 Å². The van der Waals surface area contributed by atoms with E-state index in [0.29, 0.717) is 0 Å². The molecule has 0 aromatic carbocycles. The minimum atomic E-state index is 0.789. The van der Waals surface area contributed by atoms with Crippen LogP contribution in [0.3, 0.4) is 0 Å². The van der Waals surface area contributed by atoms with Crippen LogP contribution in [0.1, 0.15) is 6.92 Å². The fourth-order valence-electron chi connectivity index (χ4n) is 2.81. The second-order valence-corrected chi connectivity index (χ2v) is 6.20. The molecule has 1 fully saturated rings. The van der Waals surface area contributed by atoms with Gasteiger partial charge in [0.15, 0.2) is 11.5 Å². The maximum Gasteiger partial charge on any atom is 0.186 e. The normalized spacial score (nSPS) is 16.5. The Bertz CT molecular complexity index is 758. The Balaban J connectivity index is 1.67. The lowest BCUT2D eigenvalue weighted by Gasteiger charge is -2.34. The van der Waals surface area contributed by atoms with Crippen LogP contribution in [0.15, 0.2) is 29.0 Å². The van der Waals surface area contributed by atoms with E-state index in [9.17, 15) is 0 Å². The number of rotatable bonds is 3. The number of thiophene rings is 1. The lowest BCUT2D eigenvalue weighted by atomic mass is 10.3. The number of anilines is 1. The van der Waals surface area contributed by atoms with Crippen molar-refractivity contribution in [3.05, 3.63) is 29.0 Å². The van der Waals surface area contributed by atoms with Crippen molar-refractivity contribution in [2.24, 2.45) is 0 Å². The summed E-state index contributed by atoms with van der Waals surface area (Å²) in [5.74, 6) is 1.81. The monoisotopic (exact) mass is 314 g/mol. The van der Waals surface area contributed by atoms with Gasteiger partial charge < -0.3 is 9.80 Å². The molecule has 7 heteroatoms. The number of hydrogen-bond acceptors (Lipinski definition) is 6. The molecule has 0 N–H and O–H groups in total. The largest absolute Gasteiger partial charge is 0.353 e. The number of hydrogen-bond donors (Lipinski definition) is 0. The van der Waals surface area contributed by atoms with Crippen molar-refractivity contribution < 1.29 is 0 Å². The standard InChI is InChI=1S/C15H18N6S/c1-2-19-6-8-20(9-7-19)14-4-3-13-16-17-15(21(13)18-14)12-5-10-22-11-12/h3-5,10-11H,2,6-9H2,1H3. The molecule has 0 saturated carbocycles. The van der Waals surface area contributed by atoms with Crippen molar-refractivity contribution >= 4 is 22.8 Å². The summed E-state index contributed by atoms with van der Waals surface area (Å²) in [6, 6.07) is 6.09. The van der Waals surface area contributed by atoms with Gasteiger partial charge in [-0.2, -0.15) is 15.9 Å². The van der Waals surface area contributed by atoms with Gasteiger partial charge in [-0.15, -0.1) is 15.3 Å². The summed E-state index contributed by atoms with van der Waals surface area (Å²) in [4.78, 5) is 4.80. The lowest BCUT2D eigenvalue weighted by molar-refractivity contribution is 0.270. The number of likely N-dealkylation sites (N-methyl/N-ethyl adjacent to an activating group) is 1. The predicted octanol–water partition coefficient (Wildman–Crippen LogP) is 1.99. The van der Waals surface area contributed by atoms with E-state index in [4.69, 9.17) is 5.10 Å². The Kier molecular flexibility index (Phi) is 3.51. The van der Waals surface area contributed by atoms with Gasteiger partial charge in [0.2, 0.25) is 0 Å². The van der Waals surface area contributed by atoms with Crippen LogP contribution >= 0.6 is 11.3 Å². The Morgan fingerprint density at radius 1 is 1.09 bits per heavy atom. The molecule has 0 radical (unpaired) electrons. The van der Waals surface area contributed by atoms with Gasteiger partial charge in [-0.3, -0.25) is 0 Å². The summed E-state index contributed by atoms with van der Waals surface area (Å²) in [5, 5.41) is 17.4. The van der Waals surface area contributed by atoms with Crippen LogP contribution in [-0.4, -0.2) is 57.4 Å². The number of nitrogens with zero attached hydrogens (tertiary/aromatic N) is 6. The maximum atomic E-state index is 4.77. The van der Waals surface area contributed by atoms with Crippen molar-refractivity contribution in [3.63, 3.8) is 0 Å². The topological polar surface area (TPSA) is 49.6 Å². The average molecular weight is 314 g/mol. The second kappa shape index (κ2) is 5.66. The molecule has 3 aromatic heterocycles. The first kappa shape index (κ1) is 13.7. The van der Waals surface area contributed by atoms with Gasteiger partial charge in [-0.1, -0.05) is 6.92 Å². The quantitative estimate of drug-likeness (QED) is 0.740. The molecule has 0 aliphatic carbocycles. The van der Waals surface area contributed by atoms with Crippen LogP contribution < -0.4 is 4.90 Å². The highest BCUT2D eigenvalue weighted by atomic mass is 32.1. The molecular formula is C15H18N6S. The molecule has 4 heterocycles. The second-order valence-electron chi connectivity index (χ2n) is 5.42. The molecule has 1 aliphatic heterocycles. The molecule has 6 nitrogen and oxygen atoms in total. The fourth-order valence-corrected chi connectivity index (χ4v) is 3.45. The number of aromatic nitrogens is 4. The highest BCUT2D eigenvalue weighted by Crippen LogP contribution is 2.22. The zero-order valence-electron chi connectivity index (χ0n) is 12.5. The van der Waals surface area contributed by atoms with Crippen molar-refractivity contribution in [2.45, 2.75) is 6.92 Å². The molecule has 114 valence electrons. The third kappa shape index (κ3) is 2.36. The molecule has 1 saturated heterocycles. The van der Waals surface area contributed by atoms with Gasteiger partial charge in [0.05, 0.1) is 0 Å². The predicted molar refractivity (Wildman–Crippen MR) is 88.4 cm³/mol. The molecule has 0 amide bonds. The van der Waals surface area contributed by atoms with E-state index in [-0.39, 0.29) is 0 Å². The maximum absolute atomic E-state index is 4.77. The Hall–Kier alpha value is -1.99. The smallest absolute Gasteiger partial charge is 0.186 e.